The number of anilines is 2. The predicted molar refractivity (Wildman–Crippen MR) is 69.4 cm³/mol. The van der Waals surface area contributed by atoms with Crippen LogP contribution in [0.3, 0.4) is 0 Å². The molecule has 0 amide bonds. The Hall–Kier alpha value is -2.77. The molecule has 0 spiro atoms. The lowest BCUT2D eigenvalue weighted by atomic mass is 10.3. The number of nitrogens with one attached hydrogen (secondary N) is 1. The first kappa shape index (κ1) is 13.2. The molecule has 0 saturated heterocycles. The minimum absolute atomic E-state index is 0.279. The standard InChI is InChI=1S/C13H9F3N4O/c14-13(15,16)21-10-6-4-9(5-7-10)17-12-19-18-11-3-1-2-8-20(11)12/h1-8H,(H,17,19). The van der Waals surface area contributed by atoms with Crippen molar-refractivity contribution < 1.29 is 17.9 Å². The van der Waals surface area contributed by atoms with Gasteiger partial charge in [0, 0.05) is 11.9 Å². The van der Waals surface area contributed by atoms with E-state index in [0.717, 1.165) is 0 Å². The van der Waals surface area contributed by atoms with Crippen LogP contribution in [0.4, 0.5) is 24.8 Å². The van der Waals surface area contributed by atoms with E-state index in [1.165, 1.54) is 24.3 Å². The van der Waals surface area contributed by atoms with Crippen molar-refractivity contribution in [2.24, 2.45) is 0 Å². The van der Waals surface area contributed by atoms with Gasteiger partial charge in [0.2, 0.25) is 5.95 Å². The van der Waals surface area contributed by atoms with Crippen LogP contribution in [-0.4, -0.2) is 21.0 Å². The Morgan fingerprint density at radius 3 is 2.48 bits per heavy atom. The zero-order valence-corrected chi connectivity index (χ0v) is 10.5. The van der Waals surface area contributed by atoms with Gasteiger partial charge in [0.1, 0.15) is 5.75 Å². The number of pyridine rings is 1. The lowest BCUT2D eigenvalue weighted by Gasteiger charge is -2.09. The summed E-state index contributed by atoms with van der Waals surface area (Å²) in [6.07, 6.45) is -2.92. The van der Waals surface area contributed by atoms with Gasteiger partial charge in [-0.15, -0.1) is 23.4 Å². The second-order valence-corrected chi connectivity index (χ2v) is 4.15. The minimum atomic E-state index is -4.70. The number of fused-ring (bicyclic) bond motifs is 1. The maximum atomic E-state index is 12.1. The van der Waals surface area contributed by atoms with Crippen LogP contribution >= 0.6 is 0 Å². The molecule has 21 heavy (non-hydrogen) atoms. The molecular weight excluding hydrogens is 285 g/mol. The van der Waals surface area contributed by atoms with E-state index >= 15 is 0 Å². The van der Waals surface area contributed by atoms with Gasteiger partial charge in [-0.25, -0.2) is 0 Å². The number of nitrogens with zero attached hydrogens (tertiary/aromatic N) is 3. The highest BCUT2D eigenvalue weighted by Gasteiger charge is 2.30. The van der Waals surface area contributed by atoms with Crippen molar-refractivity contribution in [2.75, 3.05) is 5.32 Å². The maximum absolute atomic E-state index is 12.1. The summed E-state index contributed by atoms with van der Waals surface area (Å²) in [5.74, 6) is 0.189. The largest absolute Gasteiger partial charge is 0.573 e. The lowest BCUT2D eigenvalue weighted by Crippen LogP contribution is -2.16. The van der Waals surface area contributed by atoms with Gasteiger partial charge >= 0.3 is 6.36 Å². The first-order chi connectivity index (χ1) is 10.0. The molecule has 0 aliphatic heterocycles. The van der Waals surface area contributed by atoms with Gasteiger partial charge < -0.3 is 10.1 Å². The van der Waals surface area contributed by atoms with Crippen molar-refractivity contribution >= 4 is 17.3 Å². The Labute approximate surface area is 117 Å². The molecule has 2 heterocycles. The van der Waals surface area contributed by atoms with Crippen LogP contribution in [0.1, 0.15) is 0 Å². The van der Waals surface area contributed by atoms with Gasteiger partial charge in [-0.1, -0.05) is 6.07 Å². The molecule has 1 N–H and O–H groups in total. The van der Waals surface area contributed by atoms with Gasteiger partial charge in [0.25, 0.3) is 0 Å². The summed E-state index contributed by atoms with van der Waals surface area (Å²) < 4.78 is 41.7. The van der Waals surface area contributed by atoms with Crippen LogP contribution in [0.5, 0.6) is 5.75 Å². The highest BCUT2D eigenvalue weighted by molar-refractivity contribution is 5.57. The quantitative estimate of drug-likeness (QED) is 0.804. The number of hydrogen-bond acceptors (Lipinski definition) is 4. The first-order valence-corrected chi connectivity index (χ1v) is 5.94. The monoisotopic (exact) mass is 294 g/mol. The number of benzene rings is 1. The Morgan fingerprint density at radius 1 is 1.00 bits per heavy atom. The lowest BCUT2D eigenvalue weighted by molar-refractivity contribution is -0.274. The summed E-state index contributed by atoms with van der Waals surface area (Å²) in [4.78, 5) is 0. The van der Waals surface area contributed by atoms with Gasteiger partial charge in [0.05, 0.1) is 0 Å². The molecule has 3 rings (SSSR count). The molecule has 0 fully saturated rings. The summed E-state index contributed by atoms with van der Waals surface area (Å²) >= 11 is 0. The number of aromatic nitrogens is 3. The number of halogens is 3. The Bertz CT molecular complexity index is 752. The SMILES string of the molecule is FC(F)(F)Oc1ccc(Nc2nnc3ccccn23)cc1. The zero-order chi connectivity index (χ0) is 14.9. The number of ether oxygens (including phenoxy) is 1. The van der Waals surface area contributed by atoms with E-state index in [2.05, 4.69) is 20.3 Å². The molecule has 0 saturated carbocycles. The first-order valence-electron chi connectivity index (χ1n) is 5.94. The molecule has 0 aliphatic rings. The number of alkyl halides is 3. The Morgan fingerprint density at radius 2 is 1.76 bits per heavy atom. The average Bonchev–Trinajstić information content (AvgIpc) is 2.83. The van der Waals surface area contributed by atoms with Crippen molar-refractivity contribution in [3.05, 3.63) is 48.7 Å². The molecule has 2 aromatic heterocycles. The summed E-state index contributed by atoms with van der Waals surface area (Å²) in [5, 5.41) is 10.9. The van der Waals surface area contributed by atoms with Gasteiger partial charge in [-0.05, 0) is 36.4 Å². The molecule has 1 aromatic carbocycles. The second-order valence-electron chi connectivity index (χ2n) is 4.15. The number of hydrogen-bond donors (Lipinski definition) is 1. The van der Waals surface area contributed by atoms with E-state index in [0.29, 0.717) is 17.3 Å². The van der Waals surface area contributed by atoms with Gasteiger partial charge in [-0.2, -0.15) is 0 Å². The summed E-state index contributed by atoms with van der Waals surface area (Å²) in [7, 11) is 0. The fraction of sp³-hybridized carbons (Fsp3) is 0.0769. The molecule has 108 valence electrons. The van der Waals surface area contributed by atoms with E-state index in [4.69, 9.17) is 0 Å². The smallest absolute Gasteiger partial charge is 0.406 e. The summed E-state index contributed by atoms with van der Waals surface area (Å²) in [6.45, 7) is 0. The summed E-state index contributed by atoms with van der Waals surface area (Å²) in [6, 6.07) is 10.8. The van der Waals surface area contributed by atoms with Crippen molar-refractivity contribution in [1.82, 2.24) is 14.6 Å². The van der Waals surface area contributed by atoms with Crippen LogP contribution in [0.25, 0.3) is 5.65 Å². The van der Waals surface area contributed by atoms with E-state index in [1.807, 2.05) is 12.1 Å². The zero-order valence-electron chi connectivity index (χ0n) is 10.5. The minimum Gasteiger partial charge on any atom is -0.406 e. The normalized spacial score (nSPS) is 11.6. The third-order valence-electron chi connectivity index (χ3n) is 2.66. The topological polar surface area (TPSA) is 51.5 Å². The van der Waals surface area contributed by atoms with E-state index in [-0.39, 0.29) is 5.75 Å². The molecule has 0 unspecified atom stereocenters. The third kappa shape index (κ3) is 3.04. The third-order valence-corrected chi connectivity index (χ3v) is 2.66. The fourth-order valence-electron chi connectivity index (χ4n) is 1.80. The average molecular weight is 294 g/mol. The number of rotatable bonds is 3. The molecule has 3 aromatic rings. The highest BCUT2D eigenvalue weighted by atomic mass is 19.4. The van der Waals surface area contributed by atoms with E-state index in [1.54, 1.807) is 16.7 Å². The Balaban J connectivity index is 1.79. The van der Waals surface area contributed by atoms with E-state index < -0.39 is 6.36 Å². The Kier molecular flexibility index (Phi) is 3.13. The molecular formula is C13H9F3N4O. The maximum Gasteiger partial charge on any atom is 0.573 e. The molecule has 0 aliphatic carbocycles. The molecule has 0 bridgehead atoms. The van der Waals surface area contributed by atoms with Gasteiger partial charge in [-0.3, -0.25) is 4.40 Å². The molecule has 5 nitrogen and oxygen atoms in total. The van der Waals surface area contributed by atoms with Crippen LogP contribution in [0.15, 0.2) is 48.7 Å². The van der Waals surface area contributed by atoms with Crippen molar-refractivity contribution in [1.29, 1.82) is 0 Å². The van der Waals surface area contributed by atoms with Crippen molar-refractivity contribution in [2.45, 2.75) is 6.36 Å². The fourth-order valence-corrected chi connectivity index (χ4v) is 1.80. The van der Waals surface area contributed by atoms with Crippen LogP contribution in [0.2, 0.25) is 0 Å². The van der Waals surface area contributed by atoms with Crippen LogP contribution in [-0.2, 0) is 0 Å². The van der Waals surface area contributed by atoms with Crippen molar-refractivity contribution in [3.8, 4) is 5.75 Å². The molecule has 0 radical (unpaired) electrons. The van der Waals surface area contributed by atoms with Gasteiger partial charge in [0.15, 0.2) is 5.65 Å². The molecule has 0 atom stereocenters. The predicted octanol–water partition coefficient (Wildman–Crippen LogP) is 3.37. The second kappa shape index (κ2) is 4.97. The highest BCUT2D eigenvalue weighted by Crippen LogP contribution is 2.25. The summed E-state index contributed by atoms with van der Waals surface area (Å²) in [5.41, 5.74) is 1.24. The van der Waals surface area contributed by atoms with Crippen LogP contribution in [0, 0.1) is 0 Å². The van der Waals surface area contributed by atoms with E-state index in [9.17, 15) is 13.2 Å². The van der Waals surface area contributed by atoms with Crippen molar-refractivity contribution in [3.63, 3.8) is 0 Å². The van der Waals surface area contributed by atoms with Crippen LogP contribution < -0.4 is 10.1 Å². The molecule has 8 heteroatoms.